The van der Waals surface area contributed by atoms with Crippen molar-refractivity contribution in [1.29, 1.82) is 0 Å². The summed E-state index contributed by atoms with van der Waals surface area (Å²) in [7, 11) is 2.03. The summed E-state index contributed by atoms with van der Waals surface area (Å²) in [5.74, 6) is 4.73. The predicted molar refractivity (Wildman–Crippen MR) is 266 cm³/mol. The number of ether oxygens (including phenoxy) is 1. The van der Waals surface area contributed by atoms with Gasteiger partial charge >= 0.3 is 0 Å². The molecule has 14 rings (SSSR count). The summed E-state index contributed by atoms with van der Waals surface area (Å²) >= 11 is 0. The standard InChI is InChI=1S/C61H52N4O2.Pt/c1-60(2,3)45-25-26-62-56(32-45)65-53-24-21-46(61-34-39-27-40(35-61)29-41(28-39)36-61)31-52(53)51-23-22-48(33-54(51)65)67-47-18-11-17-44(30-47)55-37-66-59-58(63(4)38-64(55)59)57-49(42-13-7-5-8-14-42)19-12-20-50(57)43-15-9-6-10-16-43;/h5-26,31-32,37,39-41H,27-29,34-36H2,1-4H3;/q-2;. The first kappa shape index (κ1) is 42.8. The van der Waals surface area contributed by atoms with Crippen LogP contribution in [0.3, 0.4) is 0 Å². The minimum Gasteiger partial charge on any atom is -0.503 e. The Labute approximate surface area is 412 Å². The van der Waals surface area contributed by atoms with Crippen LogP contribution in [0.2, 0.25) is 0 Å². The largest absolute Gasteiger partial charge is 0.503 e. The molecule has 4 fully saturated rings. The average Bonchev–Trinajstić information content (AvgIpc) is 4.00. The predicted octanol–water partition coefficient (Wildman–Crippen LogP) is 14.5. The first-order valence-corrected chi connectivity index (χ1v) is 24.0. The maximum absolute atomic E-state index is 6.72. The zero-order chi connectivity index (χ0) is 45.0. The number of hydrogen-bond donors (Lipinski definition) is 0. The van der Waals surface area contributed by atoms with E-state index in [0.717, 1.165) is 84.8 Å². The maximum atomic E-state index is 6.72. The Morgan fingerprint density at radius 2 is 1.37 bits per heavy atom. The van der Waals surface area contributed by atoms with Gasteiger partial charge in [0.05, 0.1) is 19.0 Å². The molecule has 340 valence electrons. The summed E-state index contributed by atoms with van der Waals surface area (Å²) < 4.78 is 19.6. The van der Waals surface area contributed by atoms with E-state index in [1.165, 1.54) is 55.0 Å². The number of aromatic nitrogens is 4. The van der Waals surface area contributed by atoms with E-state index >= 15 is 0 Å². The molecule has 4 heterocycles. The molecule has 0 N–H and O–H groups in total. The molecule has 0 atom stereocenters. The van der Waals surface area contributed by atoms with Crippen molar-refractivity contribution in [3.05, 3.63) is 182 Å². The third kappa shape index (κ3) is 7.09. The summed E-state index contributed by atoms with van der Waals surface area (Å²) in [6.45, 7) is 6.77. The average molecular weight is 1070 g/mol. The van der Waals surface area contributed by atoms with Gasteiger partial charge in [-0.25, -0.2) is 4.98 Å². The van der Waals surface area contributed by atoms with Gasteiger partial charge in [0.1, 0.15) is 11.5 Å². The van der Waals surface area contributed by atoms with Gasteiger partial charge in [-0.1, -0.05) is 129 Å². The quantitative estimate of drug-likeness (QED) is 0.113. The van der Waals surface area contributed by atoms with Crippen LogP contribution in [-0.4, -0.2) is 14.0 Å². The fraction of sp³-hybridized carbons (Fsp3) is 0.246. The van der Waals surface area contributed by atoms with Crippen LogP contribution in [0.4, 0.5) is 0 Å². The molecule has 10 aromatic rings. The monoisotopic (exact) mass is 1070 g/mol. The van der Waals surface area contributed by atoms with E-state index in [0.29, 0.717) is 22.6 Å². The Kier molecular flexibility index (Phi) is 10.3. The van der Waals surface area contributed by atoms with E-state index in [4.69, 9.17) is 14.1 Å². The minimum atomic E-state index is -0.0311. The van der Waals surface area contributed by atoms with Crippen LogP contribution < -0.4 is 9.30 Å². The van der Waals surface area contributed by atoms with Crippen molar-refractivity contribution < 1.29 is 34.8 Å². The number of aryl methyl sites for hydroxylation is 1. The van der Waals surface area contributed by atoms with Gasteiger partial charge in [-0.15, -0.1) is 35.7 Å². The van der Waals surface area contributed by atoms with Crippen molar-refractivity contribution in [3.63, 3.8) is 0 Å². The van der Waals surface area contributed by atoms with Crippen molar-refractivity contribution in [3.8, 4) is 62.1 Å². The van der Waals surface area contributed by atoms with Crippen LogP contribution in [0.15, 0.2) is 156 Å². The van der Waals surface area contributed by atoms with Gasteiger partial charge in [-0.3, -0.25) is 4.40 Å². The third-order valence-corrected chi connectivity index (χ3v) is 15.4. The molecule has 7 heteroatoms. The van der Waals surface area contributed by atoms with Crippen molar-refractivity contribution >= 4 is 27.5 Å². The zero-order valence-corrected chi connectivity index (χ0v) is 41.1. The normalized spacial score (nSPS) is 19.8. The molecule has 4 aromatic heterocycles. The van der Waals surface area contributed by atoms with Crippen molar-refractivity contribution in [1.82, 2.24) is 14.0 Å². The molecular formula is C61H52N4O2Pt-2. The van der Waals surface area contributed by atoms with Crippen LogP contribution in [0.5, 0.6) is 11.5 Å². The van der Waals surface area contributed by atoms with Crippen molar-refractivity contribution in [2.24, 2.45) is 24.8 Å². The minimum absolute atomic E-state index is 0. The number of fused-ring (bicyclic) bond motifs is 4. The van der Waals surface area contributed by atoms with Gasteiger partial charge in [0.25, 0.3) is 0 Å². The van der Waals surface area contributed by atoms with Gasteiger partial charge in [0.2, 0.25) is 12.0 Å². The van der Waals surface area contributed by atoms with E-state index in [-0.39, 0.29) is 26.5 Å². The molecule has 0 aliphatic heterocycles. The number of imidazole rings is 1. The molecule has 0 amide bonds. The number of nitrogens with zero attached hydrogens (tertiary/aromatic N) is 4. The molecular weight excluding hydrogens is 1020 g/mol. The second kappa shape index (κ2) is 16.3. The number of benzene rings is 6. The molecule has 4 aliphatic rings. The molecule has 68 heavy (non-hydrogen) atoms. The first-order chi connectivity index (χ1) is 32.7. The topological polar surface area (TPSA) is 48.5 Å². The molecule has 6 nitrogen and oxygen atoms in total. The number of oxazole rings is 1. The molecule has 0 radical (unpaired) electrons. The number of rotatable bonds is 8. The third-order valence-electron chi connectivity index (χ3n) is 15.4. The Hall–Kier alpha value is -6.49. The van der Waals surface area contributed by atoms with Gasteiger partial charge in [0.15, 0.2) is 0 Å². The second-order valence-electron chi connectivity index (χ2n) is 20.8. The second-order valence-corrected chi connectivity index (χ2v) is 20.8. The van der Waals surface area contributed by atoms with E-state index in [2.05, 4.69) is 165 Å². The first-order valence-electron chi connectivity index (χ1n) is 24.0. The molecule has 6 aromatic carbocycles. The fourth-order valence-corrected chi connectivity index (χ4v) is 12.7. The molecule has 4 saturated carbocycles. The van der Waals surface area contributed by atoms with Gasteiger partial charge < -0.3 is 18.3 Å². The number of pyridine rings is 1. The molecule has 0 unspecified atom stereocenters. The summed E-state index contributed by atoms with van der Waals surface area (Å²) in [4.78, 5) is 5.00. The molecule has 0 saturated heterocycles. The Balaban J connectivity index is 0.00000480. The van der Waals surface area contributed by atoms with E-state index in [1.54, 1.807) is 6.26 Å². The Morgan fingerprint density at radius 3 is 2.04 bits per heavy atom. The summed E-state index contributed by atoms with van der Waals surface area (Å²) in [5, 5.41) is 2.41. The van der Waals surface area contributed by atoms with E-state index in [9.17, 15) is 0 Å². The van der Waals surface area contributed by atoms with Crippen LogP contribution in [-0.2, 0) is 38.9 Å². The molecule has 0 spiro atoms. The van der Waals surface area contributed by atoms with Gasteiger partial charge in [0, 0.05) is 44.3 Å². The van der Waals surface area contributed by atoms with Crippen molar-refractivity contribution in [2.75, 3.05) is 0 Å². The zero-order valence-electron chi connectivity index (χ0n) is 38.8. The fourth-order valence-electron chi connectivity index (χ4n) is 12.7. The van der Waals surface area contributed by atoms with Gasteiger partial charge in [-0.05, 0) is 130 Å². The molecule has 4 bridgehead atoms. The summed E-state index contributed by atoms with van der Waals surface area (Å²) in [5.41, 5.74) is 14.0. The molecule has 4 aliphatic carbocycles. The van der Waals surface area contributed by atoms with Crippen LogP contribution in [0.1, 0.15) is 70.4 Å². The van der Waals surface area contributed by atoms with Crippen molar-refractivity contribution in [2.45, 2.75) is 70.1 Å². The summed E-state index contributed by atoms with van der Waals surface area (Å²) in [6, 6.07) is 56.9. The smallest absolute Gasteiger partial charge is 0.246 e. The van der Waals surface area contributed by atoms with Crippen LogP contribution >= 0.6 is 0 Å². The van der Waals surface area contributed by atoms with E-state index in [1.807, 2.05) is 40.4 Å². The maximum Gasteiger partial charge on any atom is 0.246 e. The Morgan fingerprint density at radius 1 is 0.706 bits per heavy atom. The van der Waals surface area contributed by atoms with Crippen LogP contribution in [0.25, 0.3) is 78.1 Å². The van der Waals surface area contributed by atoms with Gasteiger partial charge in [-0.2, -0.15) is 6.07 Å². The Bertz CT molecular complexity index is 3450. The van der Waals surface area contributed by atoms with E-state index < -0.39 is 0 Å². The summed E-state index contributed by atoms with van der Waals surface area (Å²) in [6.07, 6.45) is 15.6. The van der Waals surface area contributed by atoms with Crippen LogP contribution in [0, 0.1) is 36.2 Å². The number of hydrogen-bond acceptors (Lipinski definition) is 3. The SMILES string of the molecule is C[n+]1[c-]n2c(-c3[c-]c(Oc4[c-]c5c(cc4)c4cc(C67CC8CC(CC(C8)C6)C7)ccc4n5-c4cc(C(C)(C)C)ccn4)ccc3)coc2c1-c1c(-c2ccccc2)cccc1-c1ccccc1.[Pt].